The van der Waals surface area contributed by atoms with E-state index < -0.39 is 0 Å². The van der Waals surface area contributed by atoms with Gasteiger partial charge in [-0.2, -0.15) is 0 Å². The van der Waals surface area contributed by atoms with Crippen molar-refractivity contribution in [1.82, 2.24) is 10.3 Å². The zero-order valence-corrected chi connectivity index (χ0v) is 14.2. The number of anilines is 1. The van der Waals surface area contributed by atoms with Crippen LogP contribution in [0.2, 0.25) is 0 Å². The lowest BCUT2D eigenvalue weighted by Crippen LogP contribution is -2.31. The van der Waals surface area contributed by atoms with E-state index in [1.807, 2.05) is 11.3 Å². The van der Waals surface area contributed by atoms with E-state index in [2.05, 4.69) is 67.7 Å². The highest BCUT2D eigenvalue weighted by atomic mass is 32.1. The van der Waals surface area contributed by atoms with Gasteiger partial charge in [-0.3, -0.25) is 0 Å². The Kier molecular flexibility index (Phi) is 5.76. The number of thiophene rings is 1. The molecule has 2 rings (SSSR count). The molecule has 0 fully saturated rings. The molecular formula is C17H25N3S. The molecule has 0 spiro atoms. The van der Waals surface area contributed by atoms with Crippen LogP contribution in [0, 0.1) is 6.92 Å². The molecule has 1 atom stereocenters. The van der Waals surface area contributed by atoms with Gasteiger partial charge in [0.25, 0.3) is 0 Å². The van der Waals surface area contributed by atoms with E-state index in [1.165, 1.54) is 10.4 Å². The van der Waals surface area contributed by atoms with Crippen molar-refractivity contribution in [3.8, 4) is 0 Å². The second-order valence-corrected chi connectivity index (χ2v) is 6.53. The summed E-state index contributed by atoms with van der Waals surface area (Å²) in [7, 11) is 2.14. The first-order valence-corrected chi connectivity index (χ1v) is 8.41. The van der Waals surface area contributed by atoms with Crippen LogP contribution in [0.3, 0.4) is 0 Å². The number of likely N-dealkylation sites (N-methyl/N-ethyl adjacent to an activating group) is 1. The summed E-state index contributed by atoms with van der Waals surface area (Å²) in [5.41, 5.74) is 2.38. The molecule has 114 valence electrons. The summed E-state index contributed by atoms with van der Waals surface area (Å²) < 4.78 is 0. The normalized spacial score (nSPS) is 12.4. The monoisotopic (exact) mass is 303 g/mol. The number of hydrogen-bond acceptors (Lipinski definition) is 4. The fourth-order valence-electron chi connectivity index (χ4n) is 2.36. The van der Waals surface area contributed by atoms with Crippen LogP contribution < -0.4 is 10.2 Å². The molecule has 4 heteroatoms. The minimum atomic E-state index is 0.435. The van der Waals surface area contributed by atoms with Gasteiger partial charge in [-0.25, -0.2) is 4.98 Å². The first-order valence-electron chi connectivity index (χ1n) is 7.53. The summed E-state index contributed by atoms with van der Waals surface area (Å²) in [4.78, 5) is 8.40. The molecule has 0 saturated carbocycles. The summed E-state index contributed by atoms with van der Waals surface area (Å²) in [6, 6.07) is 9.11. The maximum Gasteiger partial charge on any atom is 0.129 e. The Labute approximate surface area is 132 Å². The molecule has 0 bridgehead atoms. The van der Waals surface area contributed by atoms with Gasteiger partial charge in [-0.15, -0.1) is 11.3 Å². The molecule has 0 aromatic carbocycles. The highest BCUT2D eigenvalue weighted by Crippen LogP contribution is 2.19. The smallest absolute Gasteiger partial charge is 0.129 e. The molecule has 1 unspecified atom stereocenters. The predicted molar refractivity (Wildman–Crippen MR) is 92.2 cm³/mol. The average Bonchev–Trinajstić information content (AvgIpc) is 2.96. The Balaban J connectivity index is 2.10. The fraction of sp³-hybridized carbons (Fsp3) is 0.471. The minimum Gasteiger partial charge on any atom is -0.357 e. The Bertz CT molecular complexity index is 551. The zero-order chi connectivity index (χ0) is 15.2. The van der Waals surface area contributed by atoms with E-state index in [1.54, 1.807) is 0 Å². The van der Waals surface area contributed by atoms with Crippen LogP contribution in [0.1, 0.15) is 30.0 Å². The third kappa shape index (κ3) is 4.55. The van der Waals surface area contributed by atoms with Gasteiger partial charge in [0.05, 0.1) is 0 Å². The summed E-state index contributed by atoms with van der Waals surface area (Å²) >= 11 is 1.82. The van der Waals surface area contributed by atoms with Crippen LogP contribution in [0.25, 0.3) is 0 Å². The van der Waals surface area contributed by atoms with Crippen molar-refractivity contribution in [1.29, 1.82) is 0 Å². The number of aryl methyl sites for hydroxylation is 1. The lowest BCUT2D eigenvalue weighted by Gasteiger charge is -2.26. The van der Waals surface area contributed by atoms with Crippen LogP contribution in [0.15, 0.2) is 29.6 Å². The second kappa shape index (κ2) is 7.57. The molecule has 2 aromatic rings. The van der Waals surface area contributed by atoms with Crippen molar-refractivity contribution < 1.29 is 0 Å². The summed E-state index contributed by atoms with van der Waals surface area (Å²) in [5.74, 6) is 1.06. The molecule has 0 radical (unpaired) electrons. The lowest BCUT2D eigenvalue weighted by atomic mass is 10.1. The molecule has 0 aliphatic carbocycles. The van der Waals surface area contributed by atoms with Crippen molar-refractivity contribution in [3.05, 3.63) is 45.8 Å². The molecule has 0 amide bonds. The van der Waals surface area contributed by atoms with E-state index in [0.717, 1.165) is 31.0 Å². The number of rotatable bonds is 7. The number of pyridine rings is 1. The van der Waals surface area contributed by atoms with E-state index >= 15 is 0 Å². The Morgan fingerprint density at radius 3 is 2.86 bits per heavy atom. The highest BCUT2D eigenvalue weighted by molar-refractivity contribution is 7.09. The van der Waals surface area contributed by atoms with Crippen molar-refractivity contribution >= 4 is 17.2 Å². The van der Waals surface area contributed by atoms with Gasteiger partial charge in [-0.1, -0.05) is 13.0 Å². The van der Waals surface area contributed by atoms with Crippen LogP contribution in [-0.4, -0.2) is 24.6 Å². The van der Waals surface area contributed by atoms with Gasteiger partial charge >= 0.3 is 0 Å². The first kappa shape index (κ1) is 16.0. The van der Waals surface area contributed by atoms with Gasteiger partial charge in [0.1, 0.15) is 5.82 Å². The van der Waals surface area contributed by atoms with Crippen LogP contribution in [0.4, 0.5) is 5.82 Å². The van der Waals surface area contributed by atoms with Crippen LogP contribution >= 0.6 is 11.3 Å². The van der Waals surface area contributed by atoms with E-state index in [9.17, 15) is 0 Å². The molecule has 0 saturated heterocycles. The first-order chi connectivity index (χ1) is 10.1. The van der Waals surface area contributed by atoms with Crippen molar-refractivity contribution in [2.75, 3.05) is 18.5 Å². The average molecular weight is 303 g/mol. The van der Waals surface area contributed by atoms with Gasteiger partial charge in [0.15, 0.2) is 0 Å². The van der Waals surface area contributed by atoms with Crippen LogP contribution in [0.5, 0.6) is 0 Å². The van der Waals surface area contributed by atoms with Crippen LogP contribution in [-0.2, 0) is 13.0 Å². The molecule has 2 heterocycles. The second-order valence-electron chi connectivity index (χ2n) is 5.50. The number of hydrogen-bond donors (Lipinski definition) is 1. The standard InChI is InChI=1S/C17H25N3S/c1-5-18-12-15-9-13(2)19-17(11-15)20(4)14(3)10-16-7-6-8-21-16/h6-9,11,14,18H,5,10,12H2,1-4H3. The lowest BCUT2D eigenvalue weighted by molar-refractivity contribution is 0.676. The Morgan fingerprint density at radius 1 is 1.38 bits per heavy atom. The molecular weight excluding hydrogens is 278 g/mol. The van der Waals surface area contributed by atoms with Crippen molar-refractivity contribution in [3.63, 3.8) is 0 Å². The largest absolute Gasteiger partial charge is 0.357 e. The third-order valence-corrected chi connectivity index (χ3v) is 4.58. The SMILES string of the molecule is CCNCc1cc(C)nc(N(C)C(C)Cc2cccs2)c1. The van der Waals surface area contributed by atoms with Gasteiger partial charge in [0.2, 0.25) is 0 Å². The van der Waals surface area contributed by atoms with E-state index in [-0.39, 0.29) is 0 Å². The molecule has 0 aliphatic rings. The fourth-order valence-corrected chi connectivity index (χ4v) is 3.18. The van der Waals surface area contributed by atoms with Gasteiger partial charge in [-0.05, 0) is 49.5 Å². The maximum absolute atomic E-state index is 4.69. The number of aromatic nitrogens is 1. The maximum atomic E-state index is 4.69. The zero-order valence-electron chi connectivity index (χ0n) is 13.4. The number of nitrogens with zero attached hydrogens (tertiary/aromatic N) is 2. The molecule has 21 heavy (non-hydrogen) atoms. The highest BCUT2D eigenvalue weighted by Gasteiger charge is 2.13. The molecule has 0 aliphatic heterocycles. The third-order valence-electron chi connectivity index (χ3n) is 3.68. The van der Waals surface area contributed by atoms with E-state index in [0.29, 0.717) is 6.04 Å². The topological polar surface area (TPSA) is 28.2 Å². The molecule has 1 N–H and O–H groups in total. The van der Waals surface area contributed by atoms with E-state index in [4.69, 9.17) is 4.98 Å². The summed E-state index contributed by atoms with van der Waals surface area (Å²) in [6.45, 7) is 8.34. The predicted octanol–water partition coefficient (Wildman–Crippen LogP) is 3.63. The Hall–Kier alpha value is -1.39. The van der Waals surface area contributed by atoms with Gasteiger partial charge in [0, 0.05) is 36.6 Å². The van der Waals surface area contributed by atoms with Crippen molar-refractivity contribution in [2.24, 2.45) is 0 Å². The summed E-state index contributed by atoms with van der Waals surface area (Å²) in [5, 5.41) is 5.52. The summed E-state index contributed by atoms with van der Waals surface area (Å²) in [6.07, 6.45) is 1.06. The van der Waals surface area contributed by atoms with Crippen molar-refractivity contribution in [2.45, 2.75) is 39.8 Å². The van der Waals surface area contributed by atoms with Gasteiger partial charge < -0.3 is 10.2 Å². The molecule has 3 nitrogen and oxygen atoms in total. The Morgan fingerprint density at radius 2 is 2.19 bits per heavy atom. The number of nitrogens with one attached hydrogen (secondary N) is 1. The minimum absolute atomic E-state index is 0.435. The molecule has 2 aromatic heterocycles. The quantitative estimate of drug-likeness (QED) is 0.846.